The molecule has 8 heteroatoms. The molecule has 0 spiro atoms. The van der Waals surface area contributed by atoms with E-state index in [1.165, 1.54) is 25.0 Å². The lowest BCUT2D eigenvalue weighted by Gasteiger charge is -2.29. The third kappa shape index (κ3) is 3.41. The van der Waals surface area contributed by atoms with Crippen LogP contribution in [0.5, 0.6) is 0 Å². The number of alkyl halides is 1. The summed E-state index contributed by atoms with van der Waals surface area (Å²) in [7, 11) is 1.69. The van der Waals surface area contributed by atoms with Crippen molar-refractivity contribution in [3.05, 3.63) is 42.9 Å². The second-order valence-electron chi connectivity index (χ2n) is 5.52. The van der Waals surface area contributed by atoms with Gasteiger partial charge in [-0.05, 0) is 6.07 Å². The van der Waals surface area contributed by atoms with Gasteiger partial charge in [-0.25, -0.2) is 24.3 Å². The lowest BCUT2D eigenvalue weighted by atomic mass is 10.2. The zero-order valence-corrected chi connectivity index (χ0v) is 12.7. The number of carbonyl (C=O) groups excluding carboxylic acids is 1. The Morgan fingerprint density at radius 1 is 1.35 bits per heavy atom. The molecule has 2 aromatic rings. The van der Waals surface area contributed by atoms with Crippen LogP contribution in [0.25, 0.3) is 0 Å². The van der Waals surface area contributed by atoms with E-state index >= 15 is 0 Å². The zero-order valence-electron chi connectivity index (χ0n) is 12.7. The van der Waals surface area contributed by atoms with Gasteiger partial charge in [0.2, 0.25) is 0 Å². The molecule has 0 radical (unpaired) electrons. The highest BCUT2D eigenvalue weighted by molar-refractivity contribution is 5.93. The van der Waals surface area contributed by atoms with Crippen LogP contribution in [0.4, 0.5) is 10.2 Å². The Bertz CT molecular complexity index is 656. The van der Waals surface area contributed by atoms with Gasteiger partial charge in [0, 0.05) is 38.6 Å². The number of aromatic nitrogens is 4. The minimum atomic E-state index is -0.932. The number of hydrogen-bond donors (Lipinski definition) is 0. The standard InChI is InChI=1S/C15H17FN6O/c1-21(15(23)11-5-18-9-19-6-11)8-13-4-12(16)7-22(13)14-2-3-17-10-20-14/h2-3,5-6,9-10,12-13H,4,7-8H2,1H3/t12-,13-/m0/s1. The summed E-state index contributed by atoms with van der Waals surface area (Å²) >= 11 is 0. The van der Waals surface area contributed by atoms with Crippen LogP contribution in [0, 0.1) is 0 Å². The highest BCUT2D eigenvalue weighted by atomic mass is 19.1. The third-order valence-corrected chi connectivity index (χ3v) is 3.86. The van der Waals surface area contributed by atoms with Crippen molar-refractivity contribution < 1.29 is 9.18 Å². The molecule has 0 saturated carbocycles. The first-order valence-electron chi connectivity index (χ1n) is 7.32. The van der Waals surface area contributed by atoms with Crippen LogP contribution < -0.4 is 4.90 Å². The molecule has 0 aliphatic carbocycles. The summed E-state index contributed by atoms with van der Waals surface area (Å²) in [5.74, 6) is 0.490. The van der Waals surface area contributed by atoms with Crippen LogP contribution in [0.3, 0.4) is 0 Å². The van der Waals surface area contributed by atoms with E-state index in [1.807, 2.05) is 4.90 Å². The Labute approximate surface area is 133 Å². The van der Waals surface area contributed by atoms with E-state index in [2.05, 4.69) is 19.9 Å². The molecule has 2 aromatic heterocycles. The van der Waals surface area contributed by atoms with Gasteiger partial charge in [-0.2, -0.15) is 0 Å². The first kappa shape index (κ1) is 15.3. The van der Waals surface area contributed by atoms with Gasteiger partial charge in [0.1, 0.15) is 24.6 Å². The summed E-state index contributed by atoms with van der Waals surface area (Å²) in [6.45, 7) is 0.677. The molecule has 1 fully saturated rings. The molecule has 0 N–H and O–H groups in total. The van der Waals surface area contributed by atoms with E-state index in [0.717, 1.165) is 0 Å². The number of hydrogen-bond acceptors (Lipinski definition) is 6. The van der Waals surface area contributed by atoms with E-state index in [-0.39, 0.29) is 18.5 Å². The highest BCUT2D eigenvalue weighted by Crippen LogP contribution is 2.26. The van der Waals surface area contributed by atoms with Crippen LogP contribution in [0.15, 0.2) is 37.3 Å². The lowest BCUT2D eigenvalue weighted by Crippen LogP contribution is -2.41. The maximum Gasteiger partial charge on any atom is 0.256 e. The number of carbonyl (C=O) groups is 1. The average Bonchev–Trinajstić information content (AvgIpc) is 2.96. The molecular formula is C15H17FN6O. The molecule has 120 valence electrons. The monoisotopic (exact) mass is 316 g/mol. The molecule has 1 amide bonds. The minimum absolute atomic E-state index is 0.126. The molecule has 1 aliphatic heterocycles. The first-order valence-corrected chi connectivity index (χ1v) is 7.32. The Morgan fingerprint density at radius 3 is 2.83 bits per heavy atom. The molecule has 1 aliphatic rings. The van der Waals surface area contributed by atoms with Gasteiger partial charge in [-0.3, -0.25) is 4.79 Å². The van der Waals surface area contributed by atoms with E-state index in [1.54, 1.807) is 24.2 Å². The molecule has 2 atom stereocenters. The quantitative estimate of drug-likeness (QED) is 0.836. The van der Waals surface area contributed by atoms with E-state index in [4.69, 9.17) is 0 Å². The van der Waals surface area contributed by atoms with Crippen molar-refractivity contribution in [3.63, 3.8) is 0 Å². The summed E-state index contributed by atoms with van der Waals surface area (Å²) in [4.78, 5) is 31.6. The molecule has 23 heavy (non-hydrogen) atoms. The number of halogens is 1. The van der Waals surface area contributed by atoms with Crippen LogP contribution in [0.2, 0.25) is 0 Å². The predicted molar refractivity (Wildman–Crippen MR) is 81.7 cm³/mol. The van der Waals surface area contributed by atoms with Crippen molar-refractivity contribution >= 4 is 11.7 Å². The molecule has 3 rings (SSSR count). The highest BCUT2D eigenvalue weighted by Gasteiger charge is 2.34. The number of likely N-dealkylation sites (N-methyl/N-ethyl adjacent to an activating group) is 1. The molecule has 0 unspecified atom stereocenters. The number of anilines is 1. The predicted octanol–water partition coefficient (Wildman–Crippen LogP) is 0.956. The fourth-order valence-corrected chi connectivity index (χ4v) is 2.80. The van der Waals surface area contributed by atoms with Crippen molar-refractivity contribution in [2.24, 2.45) is 0 Å². The Balaban J connectivity index is 1.71. The second kappa shape index (κ2) is 6.64. The van der Waals surface area contributed by atoms with E-state index in [0.29, 0.717) is 24.3 Å². The summed E-state index contributed by atoms with van der Waals surface area (Å²) < 4.78 is 13.9. The summed E-state index contributed by atoms with van der Waals surface area (Å²) in [5, 5.41) is 0. The van der Waals surface area contributed by atoms with Crippen molar-refractivity contribution in [1.82, 2.24) is 24.8 Å². The maximum absolute atomic E-state index is 13.9. The molecule has 0 bridgehead atoms. The Morgan fingerprint density at radius 2 is 2.13 bits per heavy atom. The van der Waals surface area contributed by atoms with Crippen LogP contribution >= 0.6 is 0 Å². The van der Waals surface area contributed by atoms with Gasteiger partial charge < -0.3 is 9.80 Å². The smallest absolute Gasteiger partial charge is 0.256 e. The second-order valence-corrected chi connectivity index (χ2v) is 5.52. The lowest BCUT2D eigenvalue weighted by molar-refractivity contribution is 0.0785. The average molecular weight is 316 g/mol. The van der Waals surface area contributed by atoms with E-state index in [9.17, 15) is 9.18 Å². The number of rotatable bonds is 4. The zero-order chi connectivity index (χ0) is 16.2. The normalized spacial score (nSPS) is 20.5. The largest absolute Gasteiger partial charge is 0.349 e. The summed E-state index contributed by atoms with van der Waals surface area (Å²) in [6.07, 6.45) is 6.82. The van der Waals surface area contributed by atoms with Gasteiger partial charge in [0.25, 0.3) is 5.91 Å². The fourth-order valence-electron chi connectivity index (χ4n) is 2.80. The van der Waals surface area contributed by atoms with Gasteiger partial charge in [-0.15, -0.1) is 0 Å². The molecule has 0 aromatic carbocycles. The van der Waals surface area contributed by atoms with Crippen LogP contribution in [-0.2, 0) is 0 Å². The molecule has 7 nitrogen and oxygen atoms in total. The first-order chi connectivity index (χ1) is 11.1. The fraction of sp³-hybridized carbons (Fsp3) is 0.400. The van der Waals surface area contributed by atoms with Crippen molar-refractivity contribution in [2.75, 3.05) is 25.0 Å². The molecule has 1 saturated heterocycles. The van der Waals surface area contributed by atoms with Gasteiger partial charge in [0.05, 0.1) is 18.2 Å². The summed E-state index contributed by atoms with van der Waals surface area (Å²) in [5.41, 5.74) is 0.415. The van der Waals surface area contributed by atoms with Gasteiger partial charge >= 0.3 is 0 Å². The SMILES string of the molecule is CN(C[C@@H]1C[C@H](F)CN1c1ccncn1)C(=O)c1cncnc1. The maximum atomic E-state index is 13.9. The number of amides is 1. The van der Waals surface area contributed by atoms with Crippen LogP contribution in [-0.4, -0.2) is 63.1 Å². The van der Waals surface area contributed by atoms with Crippen molar-refractivity contribution in [1.29, 1.82) is 0 Å². The van der Waals surface area contributed by atoms with Gasteiger partial charge in [0.15, 0.2) is 0 Å². The van der Waals surface area contributed by atoms with Crippen molar-refractivity contribution in [2.45, 2.75) is 18.6 Å². The van der Waals surface area contributed by atoms with E-state index < -0.39 is 6.17 Å². The summed E-state index contributed by atoms with van der Waals surface area (Å²) in [6, 6.07) is 1.62. The van der Waals surface area contributed by atoms with Crippen LogP contribution in [0.1, 0.15) is 16.8 Å². The molecule has 3 heterocycles. The molecular weight excluding hydrogens is 299 g/mol. The van der Waals surface area contributed by atoms with Crippen molar-refractivity contribution in [3.8, 4) is 0 Å². The number of nitrogens with zero attached hydrogens (tertiary/aromatic N) is 6. The minimum Gasteiger partial charge on any atom is -0.349 e. The topological polar surface area (TPSA) is 75.1 Å². The third-order valence-electron chi connectivity index (χ3n) is 3.86. The Hall–Kier alpha value is -2.64. The van der Waals surface area contributed by atoms with Gasteiger partial charge in [-0.1, -0.05) is 0 Å². The Kier molecular flexibility index (Phi) is 4.40.